The van der Waals surface area contributed by atoms with Gasteiger partial charge in [0.15, 0.2) is 0 Å². The van der Waals surface area contributed by atoms with Gasteiger partial charge in [-0.2, -0.15) is 0 Å². The molecule has 0 saturated heterocycles. The van der Waals surface area contributed by atoms with Crippen molar-refractivity contribution in [3.8, 4) is 0 Å². The average Bonchev–Trinajstić information content (AvgIpc) is 2.22. The number of hydrogen-bond acceptors (Lipinski definition) is 2. The highest BCUT2D eigenvalue weighted by Crippen LogP contribution is 2.21. The summed E-state index contributed by atoms with van der Waals surface area (Å²) in [6.07, 6.45) is -0.0840. The van der Waals surface area contributed by atoms with E-state index in [0.29, 0.717) is 0 Å². The first-order valence-electron chi connectivity index (χ1n) is 5.74. The number of hydrogen-bond donors (Lipinski definition) is 3. The lowest BCUT2D eigenvalue weighted by Crippen LogP contribution is -2.31. The first-order chi connectivity index (χ1) is 8.40. The van der Waals surface area contributed by atoms with E-state index >= 15 is 0 Å². The fourth-order valence-electron chi connectivity index (χ4n) is 1.82. The molecule has 1 aromatic rings. The third kappa shape index (κ3) is 4.08. The Balaban J connectivity index is 2.62. The molecule has 0 unspecified atom stereocenters. The summed E-state index contributed by atoms with van der Waals surface area (Å²) in [5.74, 6) is -0.932. The largest absolute Gasteiger partial charge is 0.481 e. The van der Waals surface area contributed by atoms with Gasteiger partial charge in [0, 0.05) is 12.2 Å². The summed E-state index contributed by atoms with van der Waals surface area (Å²) in [4.78, 5) is 21.9. The molecule has 0 fully saturated rings. The molecule has 0 aliphatic rings. The highest BCUT2D eigenvalue weighted by Gasteiger charge is 2.08. The maximum Gasteiger partial charge on any atom is 0.319 e. The van der Waals surface area contributed by atoms with Crippen LogP contribution in [-0.4, -0.2) is 23.7 Å². The molecular formula is C13H18N2O3. The summed E-state index contributed by atoms with van der Waals surface area (Å²) in [6.45, 7) is 5.96. The zero-order valence-electron chi connectivity index (χ0n) is 10.8. The van der Waals surface area contributed by atoms with Gasteiger partial charge in [-0.15, -0.1) is 0 Å². The standard InChI is InChI=1S/C13H18N2O3/c1-8-6-9(2)12(10(3)7-8)15-13(18)14-5-4-11(16)17/h6-7H,4-5H2,1-3H3,(H,16,17)(H2,14,15,18). The molecule has 0 aromatic heterocycles. The number of carbonyl (C=O) groups excluding carboxylic acids is 1. The normalized spacial score (nSPS) is 9.94. The van der Waals surface area contributed by atoms with Gasteiger partial charge in [-0.05, 0) is 31.9 Å². The molecule has 2 amide bonds. The van der Waals surface area contributed by atoms with Crippen molar-refractivity contribution < 1.29 is 14.7 Å². The highest BCUT2D eigenvalue weighted by molar-refractivity contribution is 5.91. The third-order valence-electron chi connectivity index (χ3n) is 2.54. The third-order valence-corrected chi connectivity index (χ3v) is 2.54. The van der Waals surface area contributed by atoms with Crippen LogP contribution in [0.3, 0.4) is 0 Å². The number of aryl methyl sites for hydroxylation is 3. The van der Waals surface area contributed by atoms with Crippen LogP contribution in [0.4, 0.5) is 10.5 Å². The summed E-state index contributed by atoms with van der Waals surface area (Å²) in [5.41, 5.74) is 3.89. The van der Waals surface area contributed by atoms with Crippen LogP contribution < -0.4 is 10.6 Å². The van der Waals surface area contributed by atoms with E-state index in [4.69, 9.17) is 5.11 Å². The van der Waals surface area contributed by atoms with Crippen LogP contribution >= 0.6 is 0 Å². The molecule has 0 aliphatic carbocycles. The second-order valence-corrected chi connectivity index (χ2v) is 4.30. The summed E-state index contributed by atoms with van der Waals surface area (Å²) in [6, 6.07) is 3.59. The van der Waals surface area contributed by atoms with E-state index in [1.807, 2.05) is 32.9 Å². The zero-order valence-corrected chi connectivity index (χ0v) is 10.8. The predicted octanol–water partition coefficient (Wildman–Crippen LogP) is 2.21. The number of carboxylic acids is 1. The fourth-order valence-corrected chi connectivity index (χ4v) is 1.82. The Morgan fingerprint density at radius 3 is 2.22 bits per heavy atom. The molecule has 3 N–H and O–H groups in total. The number of anilines is 1. The summed E-state index contributed by atoms with van der Waals surface area (Å²) in [5, 5.41) is 13.7. The Bertz CT molecular complexity index is 446. The van der Waals surface area contributed by atoms with Crippen molar-refractivity contribution in [3.63, 3.8) is 0 Å². The number of carbonyl (C=O) groups is 2. The Kier molecular flexibility index (Phi) is 4.71. The van der Waals surface area contributed by atoms with E-state index in [9.17, 15) is 9.59 Å². The number of carboxylic acid groups (broad SMARTS) is 1. The lowest BCUT2D eigenvalue weighted by Gasteiger charge is -2.13. The zero-order chi connectivity index (χ0) is 13.7. The van der Waals surface area contributed by atoms with E-state index in [1.165, 1.54) is 0 Å². The van der Waals surface area contributed by atoms with Crippen molar-refractivity contribution >= 4 is 17.7 Å². The number of nitrogens with one attached hydrogen (secondary N) is 2. The van der Waals surface area contributed by atoms with Gasteiger partial charge in [0.1, 0.15) is 0 Å². The molecule has 18 heavy (non-hydrogen) atoms. The maximum absolute atomic E-state index is 11.6. The highest BCUT2D eigenvalue weighted by atomic mass is 16.4. The summed E-state index contributed by atoms with van der Waals surface area (Å²) < 4.78 is 0. The Labute approximate surface area is 106 Å². The second-order valence-electron chi connectivity index (χ2n) is 4.30. The summed E-state index contributed by atoms with van der Waals surface area (Å²) >= 11 is 0. The fraction of sp³-hybridized carbons (Fsp3) is 0.385. The van der Waals surface area contributed by atoms with Gasteiger partial charge in [-0.3, -0.25) is 4.79 Å². The minimum absolute atomic E-state index is 0.0840. The summed E-state index contributed by atoms with van der Waals surface area (Å²) in [7, 11) is 0. The van der Waals surface area contributed by atoms with Gasteiger partial charge in [0.05, 0.1) is 6.42 Å². The monoisotopic (exact) mass is 250 g/mol. The quantitative estimate of drug-likeness (QED) is 0.766. The second kappa shape index (κ2) is 6.05. The van der Waals surface area contributed by atoms with Crippen molar-refractivity contribution in [1.82, 2.24) is 5.32 Å². The van der Waals surface area contributed by atoms with Crippen LogP contribution in [0.15, 0.2) is 12.1 Å². The SMILES string of the molecule is Cc1cc(C)c(NC(=O)NCCC(=O)O)c(C)c1. The van der Waals surface area contributed by atoms with Crippen LogP contribution in [0.1, 0.15) is 23.1 Å². The van der Waals surface area contributed by atoms with Crippen molar-refractivity contribution in [2.45, 2.75) is 27.2 Å². The lowest BCUT2D eigenvalue weighted by molar-refractivity contribution is -0.136. The van der Waals surface area contributed by atoms with Crippen LogP contribution in [0.5, 0.6) is 0 Å². The van der Waals surface area contributed by atoms with Crippen molar-refractivity contribution in [3.05, 3.63) is 28.8 Å². The number of amides is 2. The first kappa shape index (κ1) is 14.0. The van der Waals surface area contributed by atoms with Gasteiger partial charge in [0.25, 0.3) is 0 Å². The number of rotatable bonds is 4. The molecule has 98 valence electrons. The van der Waals surface area contributed by atoms with Crippen molar-refractivity contribution in [2.75, 3.05) is 11.9 Å². The van der Waals surface area contributed by atoms with Crippen LogP contribution in [0, 0.1) is 20.8 Å². The molecule has 0 radical (unpaired) electrons. The average molecular weight is 250 g/mol. The number of urea groups is 1. The van der Waals surface area contributed by atoms with Gasteiger partial charge in [-0.1, -0.05) is 17.7 Å². The Morgan fingerprint density at radius 1 is 1.17 bits per heavy atom. The minimum Gasteiger partial charge on any atom is -0.481 e. The van der Waals surface area contributed by atoms with E-state index in [2.05, 4.69) is 10.6 Å². The smallest absolute Gasteiger partial charge is 0.319 e. The van der Waals surface area contributed by atoms with Crippen LogP contribution in [-0.2, 0) is 4.79 Å². The predicted molar refractivity (Wildman–Crippen MR) is 69.9 cm³/mol. The van der Waals surface area contributed by atoms with Gasteiger partial charge >= 0.3 is 12.0 Å². The molecule has 5 heteroatoms. The van der Waals surface area contributed by atoms with Crippen LogP contribution in [0.2, 0.25) is 0 Å². The van der Waals surface area contributed by atoms with E-state index in [-0.39, 0.29) is 19.0 Å². The first-order valence-corrected chi connectivity index (χ1v) is 5.74. The molecule has 0 heterocycles. The molecule has 1 aromatic carbocycles. The molecule has 0 spiro atoms. The lowest BCUT2D eigenvalue weighted by atomic mass is 10.1. The van der Waals surface area contributed by atoms with Crippen molar-refractivity contribution in [1.29, 1.82) is 0 Å². The molecule has 1 rings (SSSR count). The Hall–Kier alpha value is -2.04. The molecule has 0 bridgehead atoms. The van der Waals surface area contributed by atoms with Crippen molar-refractivity contribution in [2.24, 2.45) is 0 Å². The molecule has 5 nitrogen and oxygen atoms in total. The van der Waals surface area contributed by atoms with E-state index in [1.54, 1.807) is 0 Å². The number of benzene rings is 1. The van der Waals surface area contributed by atoms with Crippen LogP contribution in [0.25, 0.3) is 0 Å². The van der Waals surface area contributed by atoms with E-state index in [0.717, 1.165) is 22.4 Å². The minimum atomic E-state index is -0.932. The van der Waals surface area contributed by atoms with E-state index < -0.39 is 5.97 Å². The Morgan fingerprint density at radius 2 is 1.72 bits per heavy atom. The molecular weight excluding hydrogens is 232 g/mol. The topological polar surface area (TPSA) is 78.4 Å². The molecule has 0 saturated carbocycles. The maximum atomic E-state index is 11.6. The van der Waals surface area contributed by atoms with Gasteiger partial charge < -0.3 is 15.7 Å². The van der Waals surface area contributed by atoms with Gasteiger partial charge in [0.2, 0.25) is 0 Å². The van der Waals surface area contributed by atoms with Gasteiger partial charge in [-0.25, -0.2) is 4.79 Å². The molecule has 0 aliphatic heterocycles. The number of aliphatic carboxylic acids is 1. The molecule has 0 atom stereocenters.